The second kappa shape index (κ2) is 7.52. The zero-order chi connectivity index (χ0) is 18.7. The van der Waals surface area contributed by atoms with E-state index in [0.717, 1.165) is 29.9 Å². The lowest BCUT2D eigenvalue weighted by molar-refractivity contribution is 0.288. The standard InChI is InChI=1S/C20H23N3O3/c1-5-6-9-25-16-8-7-14(10-17(16)24-4)18-15(11-21)12(2)26-20-19(18)22-13(3)23-20/h7-8,10,18H,5-6,9H2,1-4H3,(H,22,23). The predicted molar refractivity (Wildman–Crippen MR) is 97.5 cm³/mol. The second-order valence-electron chi connectivity index (χ2n) is 6.27. The first-order valence-electron chi connectivity index (χ1n) is 8.75. The number of aromatic nitrogens is 2. The summed E-state index contributed by atoms with van der Waals surface area (Å²) in [6, 6.07) is 8.06. The summed E-state index contributed by atoms with van der Waals surface area (Å²) in [6.45, 7) is 6.43. The summed E-state index contributed by atoms with van der Waals surface area (Å²) in [5, 5.41) is 9.67. The first-order chi connectivity index (χ1) is 12.6. The summed E-state index contributed by atoms with van der Waals surface area (Å²) < 4.78 is 17.0. The van der Waals surface area contributed by atoms with E-state index in [1.165, 1.54) is 0 Å². The van der Waals surface area contributed by atoms with Gasteiger partial charge in [-0.1, -0.05) is 19.4 Å². The molecule has 0 fully saturated rings. The average Bonchev–Trinajstić information content (AvgIpc) is 3.00. The number of methoxy groups -OCH3 is 1. The van der Waals surface area contributed by atoms with E-state index >= 15 is 0 Å². The normalized spacial score (nSPS) is 15.9. The molecule has 0 saturated carbocycles. The number of nitrogens with one attached hydrogen (secondary N) is 1. The molecule has 1 unspecified atom stereocenters. The zero-order valence-corrected chi connectivity index (χ0v) is 15.5. The minimum atomic E-state index is -0.274. The first-order valence-corrected chi connectivity index (χ1v) is 8.75. The number of imidazole rings is 1. The number of aryl methyl sites for hydroxylation is 1. The van der Waals surface area contributed by atoms with Gasteiger partial charge in [0.1, 0.15) is 11.6 Å². The minimum absolute atomic E-state index is 0.274. The third kappa shape index (κ3) is 3.25. The average molecular weight is 353 g/mol. The highest BCUT2D eigenvalue weighted by Gasteiger charge is 2.33. The van der Waals surface area contributed by atoms with Crippen LogP contribution in [0.5, 0.6) is 17.4 Å². The number of hydrogen-bond donors (Lipinski definition) is 1. The van der Waals surface area contributed by atoms with E-state index in [9.17, 15) is 5.26 Å². The maximum absolute atomic E-state index is 9.67. The Morgan fingerprint density at radius 2 is 2.12 bits per heavy atom. The molecule has 1 aliphatic heterocycles. The van der Waals surface area contributed by atoms with Gasteiger partial charge in [0.15, 0.2) is 11.5 Å². The number of H-pyrrole nitrogens is 1. The molecular formula is C20H23N3O3. The highest BCUT2D eigenvalue weighted by molar-refractivity contribution is 5.54. The molecule has 0 bridgehead atoms. The maximum Gasteiger partial charge on any atom is 0.241 e. The summed E-state index contributed by atoms with van der Waals surface area (Å²) in [5.74, 6) is 2.92. The fraction of sp³-hybridized carbons (Fsp3) is 0.400. The number of unbranched alkanes of at least 4 members (excludes halogenated alkanes) is 1. The van der Waals surface area contributed by atoms with Crippen LogP contribution in [0.4, 0.5) is 0 Å². The van der Waals surface area contributed by atoms with Crippen molar-refractivity contribution in [2.24, 2.45) is 0 Å². The van der Waals surface area contributed by atoms with E-state index in [1.54, 1.807) is 14.0 Å². The number of nitrogens with zero attached hydrogens (tertiary/aromatic N) is 2. The monoisotopic (exact) mass is 353 g/mol. The van der Waals surface area contributed by atoms with Crippen LogP contribution >= 0.6 is 0 Å². The molecule has 1 aliphatic rings. The Morgan fingerprint density at radius 3 is 2.81 bits per heavy atom. The van der Waals surface area contributed by atoms with Gasteiger partial charge in [-0.05, 0) is 38.0 Å². The van der Waals surface area contributed by atoms with Crippen molar-refractivity contribution in [3.63, 3.8) is 0 Å². The van der Waals surface area contributed by atoms with Crippen LogP contribution in [-0.4, -0.2) is 23.7 Å². The third-order valence-corrected chi connectivity index (χ3v) is 4.42. The molecule has 0 spiro atoms. The quantitative estimate of drug-likeness (QED) is 0.786. The molecule has 3 rings (SSSR count). The summed E-state index contributed by atoms with van der Waals surface area (Å²) in [4.78, 5) is 7.61. The van der Waals surface area contributed by atoms with Crippen LogP contribution in [-0.2, 0) is 0 Å². The van der Waals surface area contributed by atoms with Gasteiger partial charge in [-0.2, -0.15) is 10.2 Å². The molecule has 6 nitrogen and oxygen atoms in total. The Morgan fingerprint density at radius 1 is 1.31 bits per heavy atom. The van der Waals surface area contributed by atoms with Crippen LogP contribution < -0.4 is 14.2 Å². The van der Waals surface area contributed by atoms with Crippen LogP contribution in [0.2, 0.25) is 0 Å². The van der Waals surface area contributed by atoms with Crippen molar-refractivity contribution >= 4 is 0 Å². The molecule has 0 radical (unpaired) electrons. The van der Waals surface area contributed by atoms with Crippen LogP contribution in [0, 0.1) is 18.3 Å². The third-order valence-electron chi connectivity index (χ3n) is 4.42. The van der Waals surface area contributed by atoms with Gasteiger partial charge in [0, 0.05) is 0 Å². The number of fused-ring (bicyclic) bond motifs is 1. The Hall–Kier alpha value is -2.94. The summed E-state index contributed by atoms with van der Waals surface area (Å²) in [6.07, 6.45) is 2.06. The highest BCUT2D eigenvalue weighted by Crippen LogP contribution is 2.43. The summed E-state index contributed by atoms with van der Waals surface area (Å²) in [7, 11) is 1.62. The molecule has 2 heterocycles. The number of allylic oxidation sites excluding steroid dienone is 2. The molecule has 1 aromatic carbocycles. The van der Waals surface area contributed by atoms with Crippen molar-refractivity contribution in [3.05, 3.63) is 46.6 Å². The molecule has 6 heteroatoms. The smallest absolute Gasteiger partial charge is 0.241 e. The lowest BCUT2D eigenvalue weighted by atomic mass is 9.87. The lowest BCUT2D eigenvalue weighted by Gasteiger charge is -2.24. The van der Waals surface area contributed by atoms with Crippen molar-refractivity contribution in [1.82, 2.24) is 9.97 Å². The van der Waals surface area contributed by atoms with E-state index < -0.39 is 0 Å². The largest absolute Gasteiger partial charge is 0.493 e. The van der Waals surface area contributed by atoms with Gasteiger partial charge in [0.05, 0.1) is 37.0 Å². The molecule has 136 valence electrons. The number of ether oxygens (including phenoxy) is 3. The van der Waals surface area contributed by atoms with Gasteiger partial charge in [0.25, 0.3) is 0 Å². The topological polar surface area (TPSA) is 80.2 Å². The fourth-order valence-electron chi connectivity index (χ4n) is 3.10. The van der Waals surface area contributed by atoms with Gasteiger partial charge < -0.3 is 19.2 Å². The molecule has 0 amide bonds. The molecule has 2 aromatic rings. The van der Waals surface area contributed by atoms with E-state index in [2.05, 4.69) is 23.0 Å². The van der Waals surface area contributed by atoms with Crippen molar-refractivity contribution in [2.75, 3.05) is 13.7 Å². The van der Waals surface area contributed by atoms with Crippen LogP contribution in [0.1, 0.15) is 49.7 Å². The van der Waals surface area contributed by atoms with Crippen LogP contribution in [0.3, 0.4) is 0 Å². The molecule has 1 atom stereocenters. The van der Waals surface area contributed by atoms with Crippen molar-refractivity contribution in [1.29, 1.82) is 5.26 Å². The maximum atomic E-state index is 9.67. The minimum Gasteiger partial charge on any atom is -0.493 e. The van der Waals surface area contributed by atoms with Crippen molar-refractivity contribution < 1.29 is 14.2 Å². The summed E-state index contributed by atoms with van der Waals surface area (Å²) >= 11 is 0. The van der Waals surface area contributed by atoms with Crippen LogP contribution in [0.15, 0.2) is 29.5 Å². The van der Waals surface area contributed by atoms with Gasteiger partial charge in [-0.25, -0.2) is 0 Å². The van der Waals surface area contributed by atoms with E-state index in [0.29, 0.717) is 35.3 Å². The Balaban J connectivity index is 2.03. The molecule has 0 aliphatic carbocycles. The summed E-state index contributed by atoms with van der Waals surface area (Å²) in [5.41, 5.74) is 2.27. The fourth-order valence-corrected chi connectivity index (χ4v) is 3.10. The van der Waals surface area contributed by atoms with Crippen molar-refractivity contribution in [2.45, 2.75) is 39.5 Å². The zero-order valence-electron chi connectivity index (χ0n) is 15.5. The number of aromatic amines is 1. The number of hydrogen-bond acceptors (Lipinski definition) is 5. The number of nitriles is 1. The predicted octanol–water partition coefficient (Wildman–Crippen LogP) is 4.23. The first kappa shape index (κ1) is 17.9. The van der Waals surface area contributed by atoms with E-state index in [1.807, 2.05) is 25.1 Å². The molecule has 26 heavy (non-hydrogen) atoms. The number of rotatable bonds is 6. The Bertz CT molecular complexity index is 877. The molecule has 0 saturated heterocycles. The van der Waals surface area contributed by atoms with Gasteiger partial charge in [-0.15, -0.1) is 0 Å². The molecule has 1 N–H and O–H groups in total. The van der Waals surface area contributed by atoms with E-state index in [-0.39, 0.29) is 5.92 Å². The molecule has 1 aromatic heterocycles. The SMILES string of the molecule is CCCCOc1ccc(C2C(C#N)=C(C)Oc3nc(C)[nH]c32)cc1OC. The van der Waals surface area contributed by atoms with E-state index in [4.69, 9.17) is 14.2 Å². The Labute approximate surface area is 153 Å². The molecular weight excluding hydrogens is 330 g/mol. The van der Waals surface area contributed by atoms with Crippen LogP contribution in [0.25, 0.3) is 0 Å². The lowest BCUT2D eigenvalue weighted by Crippen LogP contribution is -2.15. The van der Waals surface area contributed by atoms with Crippen molar-refractivity contribution in [3.8, 4) is 23.4 Å². The van der Waals surface area contributed by atoms with Gasteiger partial charge >= 0.3 is 0 Å². The van der Waals surface area contributed by atoms with Gasteiger partial charge in [0.2, 0.25) is 5.88 Å². The van der Waals surface area contributed by atoms with Gasteiger partial charge in [-0.3, -0.25) is 0 Å². The Kier molecular flexibility index (Phi) is 5.17. The highest BCUT2D eigenvalue weighted by atomic mass is 16.5. The number of benzene rings is 1. The second-order valence-corrected chi connectivity index (χ2v) is 6.27.